The van der Waals surface area contributed by atoms with Crippen molar-refractivity contribution in [2.24, 2.45) is 0 Å². The van der Waals surface area contributed by atoms with Crippen LogP contribution >= 0.6 is 0 Å². The molecule has 45 heavy (non-hydrogen) atoms. The molecule has 4 aromatic rings. The number of hydrogen-bond acceptors (Lipinski definition) is 4. The zero-order valence-electron chi connectivity index (χ0n) is 27.5. The summed E-state index contributed by atoms with van der Waals surface area (Å²) in [7, 11) is 0. The molecule has 0 bridgehead atoms. The molecule has 5 rings (SSSR count). The van der Waals surface area contributed by atoms with E-state index in [0.717, 1.165) is 49.2 Å². The molecule has 0 aliphatic heterocycles. The molecule has 1 heterocycles. The molecule has 1 aliphatic rings. The first-order chi connectivity index (χ1) is 22.1. The summed E-state index contributed by atoms with van der Waals surface area (Å²) in [5, 5.41) is 11.7. The van der Waals surface area contributed by atoms with E-state index in [1.807, 2.05) is 30.3 Å². The molecule has 238 valence electrons. The SMILES string of the molecule is Cc1cccc(Nc2ccccc2C(=O)NCCCCCCCCCCCCNc2c3c(nc4ccccc24)CCCC3)c1C. The molecular weight excluding hydrogens is 552 g/mol. The van der Waals surface area contributed by atoms with Crippen LogP contribution in [0.5, 0.6) is 0 Å². The normalized spacial score (nSPS) is 12.6. The predicted molar refractivity (Wildman–Crippen MR) is 191 cm³/mol. The van der Waals surface area contributed by atoms with Gasteiger partial charge in [-0.05, 0) is 93.3 Å². The number of aromatic nitrogens is 1. The fourth-order valence-electron chi connectivity index (χ4n) is 6.57. The zero-order chi connectivity index (χ0) is 31.3. The molecule has 3 N–H and O–H groups in total. The number of benzene rings is 3. The highest BCUT2D eigenvalue weighted by Crippen LogP contribution is 2.33. The van der Waals surface area contributed by atoms with Gasteiger partial charge in [-0.25, -0.2) is 0 Å². The number of unbranched alkanes of at least 4 members (excludes halogenated alkanes) is 9. The van der Waals surface area contributed by atoms with E-state index in [2.05, 4.69) is 66.2 Å². The van der Waals surface area contributed by atoms with Gasteiger partial charge >= 0.3 is 0 Å². The Morgan fingerprint density at radius 3 is 2.13 bits per heavy atom. The lowest BCUT2D eigenvalue weighted by Gasteiger charge is -2.21. The van der Waals surface area contributed by atoms with Crippen LogP contribution in [0.2, 0.25) is 0 Å². The van der Waals surface area contributed by atoms with Crippen LogP contribution in [0.25, 0.3) is 10.9 Å². The first kappa shape index (κ1) is 32.5. The van der Waals surface area contributed by atoms with Crippen molar-refractivity contribution in [1.82, 2.24) is 10.3 Å². The number of rotatable bonds is 17. The minimum absolute atomic E-state index is 0.00732. The lowest BCUT2D eigenvalue weighted by molar-refractivity contribution is 0.0953. The summed E-state index contributed by atoms with van der Waals surface area (Å²) in [5.41, 5.74) is 10.3. The maximum Gasteiger partial charge on any atom is 0.253 e. The molecule has 1 amide bonds. The number of pyridine rings is 1. The van der Waals surface area contributed by atoms with Crippen molar-refractivity contribution in [2.75, 3.05) is 23.7 Å². The number of fused-ring (bicyclic) bond motifs is 2. The number of carbonyl (C=O) groups excluding carboxylic acids is 1. The molecular formula is C40H52N4O. The Morgan fingerprint density at radius 1 is 0.689 bits per heavy atom. The summed E-state index contributed by atoms with van der Waals surface area (Å²) in [6, 6.07) is 22.6. The van der Waals surface area contributed by atoms with Crippen LogP contribution in [0.4, 0.5) is 17.1 Å². The number of nitrogens with zero attached hydrogens (tertiary/aromatic N) is 1. The van der Waals surface area contributed by atoms with Crippen LogP contribution in [0, 0.1) is 13.8 Å². The maximum atomic E-state index is 12.9. The van der Waals surface area contributed by atoms with E-state index in [0.29, 0.717) is 5.56 Å². The molecule has 0 saturated heterocycles. The van der Waals surface area contributed by atoms with Crippen molar-refractivity contribution in [2.45, 2.75) is 104 Å². The summed E-state index contributed by atoms with van der Waals surface area (Å²) in [6.45, 7) is 5.99. The topological polar surface area (TPSA) is 66.1 Å². The molecule has 5 nitrogen and oxygen atoms in total. The summed E-state index contributed by atoms with van der Waals surface area (Å²) in [6.07, 6.45) is 17.4. The van der Waals surface area contributed by atoms with Crippen LogP contribution in [-0.2, 0) is 12.8 Å². The Hall–Kier alpha value is -3.86. The zero-order valence-corrected chi connectivity index (χ0v) is 27.5. The van der Waals surface area contributed by atoms with E-state index in [4.69, 9.17) is 4.98 Å². The summed E-state index contributed by atoms with van der Waals surface area (Å²) in [5.74, 6) is -0.00732. The fourth-order valence-corrected chi connectivity index (χ4v) is 6.57. The van der Waals surface area contributed by atoms with Crippen LogP contribution in [-0.4, -0.2) is 24.0 Å². The van der Waals surface area contributed by atoms with Gasteiger partial charge in [0.15, 0.2) is 0 Å². The molecule has 1 aromatic heterocycles. The van der Waals surface area contributed by atoms with E-state index in [1.165, 1.54) is 104 Å². The molecule has 0 saturated carbocycles. The molecule has 5 heteroatoms. The first-order valence-corrected chi connectivity index (χ1v) is 17.5. The van der Waals surface area contributed by atoms with Crippen molar-refractivity contribution < 1.29 is 4.79 Å². The average Bonchev–Trinajstić information content (AvgIpc) is 3.06. The van der Waals surface area contributed by atoms with Crippen LogP contribution < -0.4 is 16.0 Å². The van der Waals surface area contributed by atoms with Gasteiger partial charge in [0.25, 0.3) is 5.91 Å². The van der Waals surface area contributed by atoms with E-state index >= 15 is 0 Å². The summed E-state index contributed by atoms with van der Waals surface area (Å²) < 4.78 is 0. The second-order valence-corrected chi connectivity index (χ2v) is 12.8. The minimum Gasteiger partial charge on any atom is -0.384 e. The van der Waals surface area contributed by atoms with E-state index < -0.39 is 0 Å². The van der Waals surface area contributed by atoms with Gasteiger partial charge in [-0.3, -0.25) is 9.78 Å². The van der Waals surface area contributed by atoms with Gasteiger partial charge in [-0.1, -0.05) is 93.8 Å². The van der Waals surface area contributed by atoms with Crippen molar-refractivity contribution in [3.8, 4) is 0 Å². The smallest absolute Gasteiger partial charge is 0.253 e. The Labute approximate surface area is 270 Å². The molecule has 0 radical (unpaired) electrons. The number of hydrogen-bond donors (Lipinski definition) is 3. The highest BCUT2D eigenvalue weighted by molar-refractivity contribution is 6.00. The van der Waals surface area contributed by atoms with Crippen molar-refractivity contribution in [3.05, 3.63) is 94.7 Å². The molecule has 0 atom stereocenters. The predicted octanol–water partition coefficient (Wildman–Crippen LogP) is 10.2. The molecule has 0 fully saturated rings. The number of anilines is 3. The van der Waals surface area contributed by atoms with Gasteiger partial charge in [-0.15, -0.1) is 0 Å². The summed E-state index contributed by atoms with van der Waals surface area (Å²) in [4.78, 5) is 17.9. The van der Waals surface area contributed by atoms with Crippen molar-refractivity contribution in [3.63, 3.8) is 0 Å². The Kier molecular flexibility index (Phi) is 12.3. The quantitative estimate of drug-likeness (QED) is 0.105. The van der Waals surface area contributed by atoms with Crippen LogP contribution in [0.3, 0.4) is 0 Å². The Bertz CT molecular complexity index is 1550. The highest BCUT2D eigenvalue weighted by atomic mass is 16.1. The average molecular weight is 605 g/mol. The molecule has 1 aliphatic carbocycles. The van der Waals surface area contributed by atoms with Crippen molar-refractivity contribution in [1.29, 1.82) is 0 Å². The third-order valence-electron chi connectivity index (χ3n) is 9.41. The van der Waals surface area contributed by atoms with Gasteiger partial charge in [-0.2, -0.15) is 0 Å². The van der Waals surface area contributed by atoms with Gasteiger partial charge in [0.05, 0.1) is 16.8 Å². The third-order valence-corrected chi connectivity index (χ3v) is 9.41. The number of aryl methyl sites for hydroxylation is 2. The van der Waals surface area contributed by atoms with Gasteiger partial charge in [0, 0.05) is 35.5 Å². The number of carbonyl (C=O) groups is 1. The summed E-state index contributed by atoms with van der Waals surface area (Å²) >= 11 is 0. The Balaban J connectivity index is 0.904. The van der Waals surface area contributed by atoms with Gasteiger partial charge < -0.3 is 16.0 Å². The number of amides is 1. The fraction of sp³-hybridized carbons (Fsp3) is 0.450. The second kappa shape index (κ2) is 17.0. The van der Waals surface area contributed by atoms with Crippen LogP contribution in [0.15, 0.2) is 66.7 Å². The number of nitrogens with one attached hydrogen (secondary N) is 3. The first-order valence-electron chi connectivity index (χ1n) is 17.5. The second-order valence-electron chi connectivity index (χ2n) is 12.8. The number of para-hydroxylation sites is 2. The van der Waals surface area contributed by atoms with Gasteiger partial charge in [0.1, 0.15) is 0 Å². The monoisotopic (exact) mass is 604 g/mol. The minimum atomic E-state index is -0.00732. The lowest BCUT2D eigenvalue weighted by Crippen LogP contribution is -2.25. The molecule has 0 unspecified atom stereocenters. The molecule has 3 aromatic carbocycles. The maximum absolute atomic E-state index is 12.9. The largest absolute Gasteiger partial charge is 0.384 e. The van der Waals surface area contributed by atoms with E-state index in [9.17, 15) is 4.79 Å². The van der Waals surface area contributed by atoms with Gasteiger partial charge in [0.2, 0.25) is 0 Å². The highest BCUT2D eigenvalue weighted by Gasteiger charge is 2.18. The van der Waals surface area contributed by atoms with Crippen LogP contribution in [0.1, 0.15) is 110 Å². The van der Waals surface area contributed by atoms with Crippen molar-refractivity contribution >= 4 is 33.9 Å². The van der Waals surface area contributed by atoms with E-state index in [-0.39, 0.29) is 5.91 Å². The lowest BCUT2D eigenvalue weighted by atomic mass is 9.92. The standard InChI is InChI=1S/C40H52N4O/c1-30-20-19-27-35(31(30)2)43-38-26-16-13-23-34(38)40(45)42-29-18-10-8-6-4-3-5-7-9-17-28-41-39-32-21-11-14-24-36(32)44-37-25-15-12-22-33(37)39/h11,13-14,16,19-21,23-24,26-27,43H,3-10,12,15,17-18,22,25,28-29H2,1-2H3,(H,41,44)(H,42,45). The third kappa shape index (κ3) is 9.09. The Morgan fingerprint density at radius 2 is 1.33 bits per heavy atom. The van der Waals surface area contributed by atoms with E-state index in [1.54, 1.807) is 0 Å². The molecule has 0 spiro atoms.